The largest absolute Gasteiger partial charge is 0.386 e. The molecule has 0 radical (unpaired) electrons. The Hall–Kier alpha value is -2.21. The van der Waals surface area contributed by atoms with Crippen molar-refractivity contribution in [1.82, 2.24) is 9.88 Å². The highest BCUT2D eigenvalue weighted by atomic mass is 32.1. The second kappa shape index (κ2) is 8.94. The van der Waals surface area contributed by atoms with E-state index in [2.05, 4.69) is 41.7 Å². The van der Waals surface area contributed by atoms with Gasteiger partial charge in [-0.3, -0.25) is 4.79 Å². The van der Waals surface area contributed by atoms with Gasteiger partial charge in [-0.15, -0.1) is 11.3 Å². The number of aromatic nitrogens is 1. The fourth-order valence-electron chi connectivity index (χ4n) is 3.23. The number of thiazole rings is 1. The maximum Gasteiger partial charge on any atom is 0.263 e. The van der Waals surface area contributed by atoms with Crippen molar-refractivity contribution in [2.45, 2.75) is 38.5 Å². The van der Waals surface area contributed by atoms with Gasteiger partial charge in [0.2, 0.25) is 0 Å². The van der Waals surface area contributed by atoms with E-state index in [1.54, 1.807) is 18.3 Å². The maximum absolute atomic E-state index is 12.1. The third-order valence-electron chi connectivity index (χ3n) is 4.85. The maximum atomic E-state index is 12.1. The SMILES string of the molecule is CC=NOCC(=O)N1CCC(c2nc(C(C)c3ccccc3)cs2)CC1. The molecule has 5 nitrogen and oxygen atoms in total. The first-order valence-electron chi connectivity index (χ1n) is 9.07. The van der Waals surface area contributed by atoms with E-state index in [9.17, 15) is 4.79 Å². The Morgan fingerprint density at radius 1 is 1.38 bits per heavy atom. The Balaban J connectivity index is 1.55. The van der Waals surface area contributed by atoms with Crippen molar-refractivity contribution in [3.63, 3.8) is 0 Å². The first-order chi connectivity index (χ1) is 12.7. The van der Waals surface area contributed by atoms with Crippen LogP contribution in [0.5, 0.6) is 0 Å². The summed E-state index contributed by atoms with van der Waals surface area (Å²) in [5.41, 5.74) is 2.43. The van der Waals surface area contributed by atoms with Gasteiger partial charge in [0.15, 0.2) is 6.61 Å². The van der Waals surface area contributed by atoms with Crippen LogP contribution in [0.15, 0.2) is 40.9 Å². The Kier molecular flexibility index (Phi) is 6.39. The molecule has 26 heavy (non-hydrogen) atoms. The van der Waals surface area contributed by atoms with Crippen molar-refractivity contribution in [2.75, 3.05) is 19.7 Å². The molecule has 1 unspecified atom stereocenters. The molecule has 1 aromatic carbocycles. The summed E-state index contributed by atoms with van der Waals surface area (Å²) >= 11 is 1.75. The Bertz CT molecular complexity index is 737. The van der Waals surface area contributed by atoms with Crippen LogP contribution in [0, 0.1) is 0 Å². The van der Waals surface area contributed by atoms with E-state index in [1.807, 2.05) is 11.0 Å². The number of oxime groups is 1. The highest BCUT2D eigenvalue weighted by molar-refractivity contribution is 7.09. The average molecular weight is 372 g/mol. The van der Waals surface area contributed by atoms with Crippen molar-refractivity contribution in [1.29, 1.82) is 0 Å². The molecule has 0 aliphatic carbocycles. The van der Waals surface area contributed by atoms with Crippen LogP contribution in [-0.2, 0) is 9.63 Å². The molecule has 1 aliphatic rings. The second-order valence-corrected chi connectivity index (χ2v) is 7.42. The number of carbonyl (C=O) groups excluding carboxylic acids is 1. The van der Waals surface area contributed by atoms with Gasteiger partial charge in [-0.2, -0.15) is 0 Å². The smallest absolute Gasteiger partial charge is 0.263 e. The molecule has 3 rings (SSSR count). The molecule has 1 aromatic heterocycles. The molecule has 1 fully saturated rings. The number of carbonyl (C=O) groups is 1. The predicted octanol–water partition coefficient (Wildman–Crippen LogP) is 4.02. The van der Waals surface area contributed by atoms with Crippen LogP contribution >= 0.6 is 11.3 Å². The van der Waals surface area contributed by atoms with Crippen LogP contribution in [0.25, 0.3) is 0 Å². The Morgan fingerprint density at radius 2 is 2.12 bits per heavy atom. The zero-order valence-corrected chi connectivity index (χ0v) is 16.1. The van der Waals surface area contributed by atoms with Gasteiger partial charge in [0.25, 0.3) is 5.91 Å². The molecule has 138 valence electrons. The predicted molar refractivity (Wildman–Crippen MR) is 105 cm³/mol. The number of piperidine rings is 1. The number of likely N-dealkylation sites (tertiary alicyclic amines) is 1. The van der Waals surface area contributed by atoms with Gasteiger partial charge in [0.1, 0.15) is 0 Å². The van der Waals surface area contributed by atoms with E-state index < -0.39 is 0 Å². The first-order valence-corrected chi connectivity index (χ1v) is 9.95. The van der Waals surface area contributed by atoms with Gasteiger partial charge in [-0.1, -0.05) is 42.4 Å². The molecule has 2 aromatic rings. The average Bonchev–Trinajstić information content (AvgIpc) is 3.18. The molecule has 0 saturated carbocycles. The lowest BCUT2D eigenvalue weighted by Crippen LogP contribution is -2.39. The molecule has 1 aliphatic heterocycles. The third kappa shape index (κ3) is 4.49. The molecule has 6 heteroatoms. The van der Waals surface area contributed by atoms with Crippen LogP contribution in [0.1, 0.15) is 54.8 Å². The minimum Gasteiger partial charge on any atom is -0.386 e. The fraction of sp³-hybridized carbons (Fsp3) is 0.450. The van der Waals surface area contributed by atoms with Gasteiger partial charge in [-0.05, 0) is 25.3 Å². The molecular formula is C20H25N3O2S. The van der Waals surface area contributed by atoms with Crippen molar-refractivity contribution in [3.05, 3.63) is 52.0 Å². The first kappa shape index (κ1) is 18.6. The standard InChI is InChI=1S/C20H25N3O2S/c1-3-21-25-13-19(24)23-11-9-17(10-12-23)20-22-18(14-26-20)15(2)16-7-5-4-6-8-16/h3-8,14-15,17H,9-13H2,1-2H3. The van der Waals surface area contributed by atoms with Crippen molar-refractivity contribution in [2.24, 2.45) is 5.16 Å². The van der Waals surface area contributed by atoms with Gasteiger partial charge in [0, 0.05) is 36.5 Å². The zero-order valence-electron chi connectivity index (χ0n) is 15.3. The summed E-state index contributed by atoms with van der Waals surface area (Å²) in [6.07, 6.45) is 3.45. The van der Waals surface area contributed by atoms with Gasteiger partial charge < -0.3 is 9.74 Å². The summed E-state index contributed by atoms with van der Waals surface area (Å²) in [5.74, 6) is 0.751. The number of nitrogens with zero attached hydrogens (tertiary/aromatic N) is 3. The topological polar surface area (TPSA) is 54.8 Å². The van der Waals surface area contributed by atoms with Crippen LogP contribution in [0.2, 0.25) is 0 Å². The monoisotopic (exact) mass is 371 g/mol. The third-order valence-corrected chi connectivity index (χ3v) is 5.87. The van der Waals surface area contributed by atoms with Gasteiger partial charge >= 0.3 is 0 Å². The number of rotatable bonds is 6. The molecule has 0 bridgehead atoms. The van der Waals surface area contributed by atoms with Crippen LogP contribution in [-0.4, -0.2) is 41.7 Å². The fourth-order valence-corrected chi connectivity index (χ4v) is 4.32. The van der Waals surface area contributed by atoms with Gasteiger partial charge in [0.05, 0.1) is 10.7 Å². The van der Waals surface area contributed by atoms with Crippen molar-refractivity contribution in [3.8, 4) is 0 Å². The van der Waals surface area contributed by atoms with Crippen LogP contribution in [0.3, 0.4) is 0 Å². The Labute approximate surface area is 158 Å². The van der Waals surface area contributed by atoms with E-state index in [-0.39, 0.29) is 12.5 Å². The highest BCUT2D eigenvalue weighted by Crippen LogP contribution is 2.33. The van der Waals surface area contributed by atoms with E-state index >= 15 is 0 Å². The normalized spacial score (nSPS) is 16.8. The van der Waals surface area contributed by atoms with Gasteiger partial charge in [-0.25, -0.2) is 4.98 Å². The summed E-state index contributed by atoms with van der Waals surface area (Å²) < 4.78 is 0. The Morgan fingerprint density at radius 3 is 2.81 bits per heavy atom. The van der Waals surface area contributed by atoms with E-state index in [4.69, 9.17) is 9.82 Å². The van der Waals surface area contributed by atoms with E-state index in [1.165, 1.54) is 16.8 Å². The van der Waals surface area contributed by atoms with E-state index in [0.29, 0.717) is 11.8 Å². The minimum atomic E-state index is 0.00609. The molecule has 1 saturated heterocycles. The van der Waals surface area contributed by atoms with Crippen LogP contribution in [0.4, 0.5) is 0 Å². The van der Waals surface area contributed by atoms with Crippen LogP contribution < -0.4 is 0 Å². The lowest BCUT2D eigenvalue weighted by molar-refractivity contribution is -0.137. The van der Waals surface area contributed by atoms with E-state index in [0.717, 1.165) is 31.6 Å². The zero-order chi connectivity index (χ0) is 18.4. The number of hydrogen-bond donors (Lipinski definition) is 0. The lowest BCUT2D eigenvalue weighted by atomic mass is 9.96. The van der Waals surface area contributed by atoms with Crippen molar-refractivity contribution >= 4 is 23.5 Å². The summed E-state index contributed by atoms with van der Waals surface area (Å²) in [6.45, 7) is 5.49. The lowest BCUT2D eigenvalue weighted by Gasteiger charge is -2.30. The molecule has 0 spiro atoms. The molecule has 1 atom stereocenters. The second-order valence-electron chi connectivity index (χ2n) is 6.54. The summed E-state index contributed by atoms with van der Waals surface area (Å²) in [5, 5.41) is 7.01. The highest BCUT2D eigenvalue weighted by Gasteiger charge is 2.26. The number of amides is 1. The summed E-state index contributed by atoms with van der Waals surface area (Å²) in [6, 6.07) is 10.5. The summed E-state index contributed by atoms with van der Waals surface area (Å²) in [4.78, 5) is 23.8. The summed E-state index contributed by atoms with van der Waals surface area (Å²) in [7, 11) is 0. The quantitative estimate of drug-likeness (QED) is 0.569. The molecule has 2 heterocycles. The molecule has 1 amide bonds. The molecular weight excluding hydrogens is 346 g/mol. The number of benzene rings is 1. The minimum absolute atomic E-state index is 0.00609. The molecule has 0 N–H and O–H groups in total. The van der Waals surface area contributed by atoms with Crippen molar-refractivity contribution < 1.29 is 9.63 Å². The number of hydrogen-bond acceptors (Lipinski definition) is 5.